The van der Waals surface area contributed by atoms with E-state index in [2.05, 4.69) is 26.8 Å². The molecule has 10 heavy (non-hydrogen) atoms. The predicted octanol–water partition coefficient (Wildman–Crippen LogP) is 2.08. The van der Waals surface area contributed by atoms with Crippen LogP contribution in [-0.4, -0.2) is 6.04 Å². The summed E-state index contributed by atoms with van der Waals surface area (Å²) in [4.78, 5) is 0. The van der Waals surface area contributed by atoms with E-state index in [1.54, 1.807) is 0 Å². The van der Waals surface area contributed by atoms with Gasteiger partial charge in [-0.05, 0) is 25.2 Å². The number of hydrogen-bond acceptors (Lipinski definition) is 1. The van der Waals surface area contributed by atoms with Crippen LogP contribution in [0.1, 0.15) is 33.6 Å². The maximum absolute atomic E-state index is 5.93. The van der Waals surface area contributed by atoms with Gasteiger partial charge in [0, 0.05) is 6.04 Å². The van der Waals surface area contributed by atoms with Gasteiger partial charge in [0.2, 0.25) is 0 Å². The molecule has 2 N–H and O–H groups in total. The van der Waals surface area contributed by atoms with Gasteiger partial charge in [0.25, 0.3) is 0 Å². The van der Waals surface area contributed by atoms with E-state index in [0.29, 0.717) is 5.41 Å². The first-order valence-electron chi connectivity index (χ1n) is 3.95. The third kappa shape index (κ3) is 1.40. The minimum Gasteiger partial charge on any atom is -0.324 e. The van der Waals surface area contributed by atoms with Crippen LogP contribution < -0.4 is 5.73 Å². The molecule has 0 fully saturated rings. The molecule has 0 amide bonds. The van der Waals surface area contributed by atoms with Crippen LogP contribution in [-0.2, 0) is 0 Å². The lowest BCUT2D eigenvalue weighted by atomic mass is 9.75. The Bertz CT molecular complexity index is 156. The van der Waals surface area contributed by atoms with Crippen molar-refractivity contribution in [1.82, 2.24) is 0 Å². The monoisotopic (exact) mass is 139 g/mol. The van der Waals surface area contributed by atoms with Crippen molar-refractivity contribution in [2.75, 3.05) is 0 Å². The molecule has 1 aliphatic rings. The van der Waals surface area contributed by atoms with Crippen LogP contribution in [0.3, 0.4) is 0 Å². The number of allylic oxidation sites excluding steroid dienone is 1. The zero-order chi connectivity index (χ0) is 7.78. The van der Waals surface area contributed by atoms with Crippen molar-refractivity contribution in [2.45, 2.75) is 39.7 Å². The van der Waals surface area contributed by atoms with E-state index in [1.807, 2.05) is 0 Å². The van der Waals surface area contributed by atoms with Gasteiger partial charge in [-0.1, -0.05) is 25.5 Å². The SMILES string of the molecule is CC1=CC(N)C(C)(C)CC1. The van der Waals surface area contributed by atoms with Gasteiger partial charge in [-0.2, -0.15) is 0 Å². The highest BCUT2D eigenvalue weighted by Gasteiger charge is 2.27. The highest BCUT2D eigenvalue weighted by molar-refractivity contribution is 5.12. The van der Waals surface area contributed by atoms with Gasteiger partial charge < -0.3 is 5.73 Å². The predicted molar refractivity (Wildman–Crippen MR) is 44.7 cm³/mol. The summed E-state index contributed by atoms with van der Waals surface area (Å²) in [6, 6.07) is 0.265. The van der Waals surface area contributed by atoms with E-state index in [4.69, 9.17) is 5.73 Å². The first kappa shape index (κ1) is 7.80. The molecule has 0 heterocycles. The molecule has 1 heteroatoms. The quantitative estimate of drug-likeness (QED) is 0.511. The third-order valence-corrected chi connectivity index (χ3v) is 2.53. The molecule has 58 valence electrons. The minimum absolute atomic E-state index is 0.265. The van der Waals surface area contributed by atoms with E-state index < -0.39 is 0 Å². The third-order valence-electron chi connectivity index (χ3n) is 2.53. The molecule has 0 aromatic heterocycles. The Morgan fingerprint density at radius 1 is 1.60 bits per heavy atom. The van der Waals surface area contributed by atoms with Crippen molar-refractivity contribution in [2.24, 2.45) is 11.1 Å². The molecule has 0 aromatic rings. The fraction of sp³-hybridized carbons (Fsp3) is 0.778. The molecule has 0 radical (unpaired) electrons. The summed E-state index contributed by atoms with van der Waals surface area (Å²) < 4.78 is 0. The average Bonchev–Trinajstić information content (AvgIpc) is 1.81. The number of hydrogen-bond donors (Lipinski definition) is 1. The van der Waals surface area contributed by atoms with Gasteiger partial charge in [-0.15, -0.1) is 0 Å². The van der Waals surface area contributed by atoms with Gasteiger partial charge in [0.15, 0.2) is 0 Å². The molecule has 0 saturated carbocycles. The molecule has 0 saturated heterocycles. The second-order valence-corrected chi connectivity index (χ2v) is 4.03. The summed E-state index contributed by atoms with van der Waals surface area (Å²) in [5.41, 5.74) is 7.70. The number of nitrogens with two attached hydrogens (primary N) is 1. The largest absolute Gasteiger partial charge is 0.324 e. The Kier molecular flexibility index (Phi) is 1.86. The zero-order valence-electron chi connectivity index (χ0n) is 7.15. The van der Waals surface area contributed by atoms with Crippen molar-refractivity contribution in [3.8, 4) is 0 Å². The van der Waals surface area contributed by atoms with Crippen LogP contribution in [0.2, 0.25) is 0 Å². The van der Waals surface area contributed by atoms with Gasteiger partial charge >= 0.3 is 0 Å². The van der Waals surface area contributed by atoms with Crippen molar-refractivity contribution in [3.63, 3.8) is 0 Å². The standard InChI is InChI=1S/C9H17N/c1-7-4-5-9(2,3)8(10)6-7/h6,8H,4-5,10H2,1-3H3. The Hall–Kier alpha value is -0.300. The highest BCUT2D eigenvalue weighted by Crippen LogP contribution is 2.32. The van der Waals surface area contributed by atoms with E-state index in [9.17, 15) is 0 Å². The average molecular weight is 139 g/mol. The van der Waals surface area contributed by atoms with Crippen LogP contribution in [0.5, 0.6) is 0 Å². The van der Waals surface area contributed by atoms with E-state index in [1.165, 1.54) is 18.4 Å². The van der Waals surface area contributed by atoms with Crippen LogP contribution >= 0.6 is 0 Å². The van der Waals surface area contributed by atoms with Gasteiger partial charge in [-0.25, -0.2) is 0 Å². The van der Waals surface area contributed by atoms with E-state index in [-0.39, 0.29) is 6.04 Å². The fourth-order valence-corrected chi connectivity index (χ4v) is 1.30. The molecule has 0 aromatic carbocycles. The molecule has 0 spiro atoms. The normalized spacial score (nSPS) is 31.6. The van der Waals surface area contributed by atoms with Crippen LogP contribution in [0, 0.1) is 5.41 Å². The topological polar surface area (TPSA) is 26.0 Å². The summed E-state index contributed by atoms with van der Waals surface area (Å²) in [5, 5.41) is 0. The molecular formula is C9H17N. The maximum atomic E-state index is 5.93. The van der Waals surface area contributed by atoms with Gasteiger partial charge in [0.1, 0.15) is 0 Å². The summed E-state index contributed by atoms with van der Waals surface area (Å²) in [7, 11) is 0. The number of rotatable bonds is 0. The maximum Gasteiger partial charge on any atom is 0.0278 e. The highest BCUT2D eigenvalue weighted by atomic mass is 14.7. The second kappa shape index (κ2) is 2.39. The molecule has 1 aliphatic carbocycles. The Morgan fingerprint density at radius 2 is 2.20 bits per heavy atom. The Labute approximate surface area is 63.3 Å². The molecule has 1 rings (SSSR count). The van der Waals surface area contributed by atoms with Gasteiger partial charge in [-0.3, -0.25) is 0 Å². The lowest BCUT2D eigenvalue weighted by molar-refractivity contribution is 0.283. The summed E-state index contributed by atoms with van der Waals surface area (Å²) >= 11 is 0. The lowest BCUT2D eigenvalue weighted by Gasteiger charge is -2.34. The lowest BCUT2D eigenvalue weighted by Crippen LogP contribution is -2.37. The van der Waals surface area contributed by atoms with Crippen LogP contribution in [0.25, 0.3) is 0 Å². The first-order chi connectivity index (χ1) is 4.52. The first-order valence-corrected chi connectivity index (χ1v) is 3.95. The second-order valence-electron chi connectivity index (χ2n) is 4.03. The van der Waals surface area contributed by atoms with Crippen molar-refractivity contribution >= 4 is 0 Å². The summed E-state index contributed by atoms with van der Waals surface area (Å²) in [6.45, 7) is 6.64. The smallest absolute Gasteiger partial charge is 0.0278 e. The molecule has 0 bridgehead atoms. The van der Waals surface area contributed by atoms with Crippen LogP contribution in [0.4, 0.5) is 0 Å². The van der Waals surface area contributed by atoms with Crippen molar-refractivity contribution < 1.29 is 0 Å². The minimum atomic E-state index is 0.265. The van der Waals surface area contributed by atoms with E-state index >= 15 is 0 Å². The molecule has 1 nitrogen and oxygen atoms in total. The zero-order valence-corrected chi connectivity index (χ0v) is 7.15. The Balaban J connectivity index is 2.74. The molecule has 0 aliphatic heterocycles. The van der Waals surface area contributed by atoms with Crippen molar-refractivity contribution in [1.29, 1.82) is 0 Å². The van der Waals surface area contributed by atoms with Crippen LogP contribution in [0.15, 0.2) is 11.6 Å². The molecule has 1 unspecified atom stereocenters. The summed E-state index contributed by atoms with van der Waals surface area (Å²) in [5.74, 6) is 0. The van der Waals surface area contributed by atoms with Gasteiger partial charge in [0.05, 0.1) is 0 Å². The fourth-order valence-electron chi connectivity index (χ4n) is 1.30. The molecule has 1 atom stereocenters. The summed E-state index contributed by atoms with van der Waals surface area (Å²) in [6.07, 6.45) is 4.65. The van der Waals surface area contributed by atoms with Crippen molar-refractivity contribution in [3.05, 3.63) is 11.6 Å². The Morgan fingerprint density at radius 3 is 2.60 bits per heavy atom. The van der Waals surface area contributed by atoms with E-state index in [0.717, 1.165) is 0 Å². The molecular weight excluding hydrogens is 122 g/mol.